The van der Waals surface area contributed by atoms with E-state index in [1.165, 1.54) is 29.3 Å². The lowest BCUT2D eigenvalue weighted by atomic mass is 9.88. The van der Waals surface area contributed by atoms with Gasteiger partial charge in [-0.15, -0.1) is 0 Å². The van der Waals surface area contributed by atoms with Gasteiger partial charge in [-0.2, -0.15) is 23.4 Å². The normalized spacial score (nSPS) is 19.6. The summed E-state index contributed by atoms with van der Waals surface area (Å²) in [6.07, 6.45) is -0.473. The number of anilines is 2. The molecule has 1 aliphatic heterocycles. The molecule has 1 atom stereocenters. The van der Waals surface area contributed by atoms with Crippen LogP contribution < -0.4 is 10.2 Å². The van der Waals surface area contributed by atoms with Crippen molar-refractivity contribution in [2.75, 3.05) is 16.8 Å². The third-order valence-electron chi connectivity index (χ3n) is 4.55. The molecule has 2 amide bonds. The van der Waals surface area contributed by atoms with Crippen molar-refractivity contribution in [3.05, 3.63) is 35.5 Å². The zero-order chi connectivity index (χ0) is 19.6. The summed E-state index contributed by atoms with van der Waals surface area (Å²) in [5.74, 6) is 0. The second-order valence-corrected chi connectivity index (χ2v) is 6.87. The Balaban J connectivity index is 1.83. The van der Waals surface area contributed by atoms with Gasteiger partial charge in [-0.25, -0.2) is 14.3 Å². The summed E-state index contributed by atoms with van der Waals surface area (Å²) in [7, 11) is 1.66. The van der Waals surface area contributed by atoms with E-state index < -0.39 is 24.2 Å². The molecule has 142 valence electrons. The first-order valence-electron chi connectivity index (χ1n) is 7.79. The van der Waals surface area contributed by atoms with Crippen molar-refractivity contribution < 1.29 is 18.0 Å². The molecule has 0 bridgehead atoms. The van der Waals surface area contributed by atoms with Crippen LogP contribution in [0.5, 0.6) is 0 Å². The molecule has 3 aromatic heterocycles. The molecular formula is C15H13ClF3N7O. The summed E-state index contributed by atoms with van der Waals surface area (Å²) in [6.45, 7) is 0.411. The smallest absolute Gasteiger partial charge is 0.305 e. The summed E-state index contributed by atoms with van der Waals surface area (Å²) in [5.41, 5.74) is -1.98. The number of alkyl halides is 3. The average molecular weight is 400 g/mol. The molecule has 4 heterocycles. The van der Waals surface area contributed by atoms with Crippen molar-refractivity contribution in [2.24, 2.45) is 7.05 Å². The van der Waals surface area contributed by atoms with Gasteiger partial charge in [0.25, 0.3) is 0 Å². The predicted octanol–water partition coefficient (Wildman–Crippen LogP) is 2.99. The molecular weight excluding hydrogens is 387 g/mol. The maximum absolute atomic E-state index is 14.0. The van der Waals surface area contributed by atoms with Crippen molar-refractivity contribution in [2.45, 2.75) is 18.5 Å². The summed E-state index contributed by atoms with van der Waals surface area (Å²) < 4.78 is 44.4. The van der Waals surface area contributed by atoms with Crippen LogP contribution in [0.25, 0.3) is 5.65 Å². The molecule has 0 fully saturated rings. The minimum Gasteiger partial charge on any atom is -0.305 e. The number of aromatic nitrogens is 5. The largest absolute Gasteiger partial charge is 0.401 e. The third kappa shape index (κ3) is 2.60. The standard InChI is InChI=1S/C15H13ClF3N7O/c1-14(15(17,18)19)7-25(13(27)22-8-4-21-24(2)6-8)9-5-20-11-3-10(16)23-26(11)12(9)14/h3-6H,7H2,1-2H3,(H,22,27)/t14-/m1/s1. The molecule has 8 nitrogen and oxygen atoms in total. The lowest BCUT2D eigenvalue weighted by Crippen LogP contribution is -2.46. The lowest BCUT2D eigenvalue weighted by Gasteiger charge is -2.28. The van der Waals surface area contributed by atoms with E-state index >= 15 is 0 Å². The second-order valence-electron chi connectivity index (χ2n) is 6.48. The Morgan fingerprint density at radius 3 is 2.74 bits per heavy atom. The van der Waals surface area contributed by atoms with Gasteiger partial charge in [-0.05, 0) is 6.92 Å². The number of fused-ring (bicyclic) bond motifs is 3. The van der Waals surface area contributed by atoms with Crippen molar-refractivity contribution in [1.29, 1.82) is 0 Å². The molecule has 0 saturated heterocycles. The number of carbonyl (C=O) groups excluding carboxylic acids is 1. The van der Waals surface area contributed by atoms with E-state index in [9.17, 15) is 18.0 Å². The van der Waals surface area contributed by atoms with E-state index in [1.807, 2.05) is 0 Å². The van der Waals surface area contributed by atoms with E-state index in [0.29, 0.717) is 5.69 Å². The highest BCUT2D eigenvalue weighted by molar-refractivity contribution is 6.29. The fourth-order valence-electron chi connectivity index (χ4n) is 3.17. The number of nitrogens with one attached hydrogen (secondary N) is 1. The first-order chi connectivity index (χ1) is 12.6. The Kier molecular flexibility index (Phi) is 3.64. The van der Waals surface area contributed by atoms with Crippen molar-refractivity contribution in [1.82, 2.24) is 24.4 Å². The molecule has 0 spiro atoms. The van der Waals surface area contributed by atoms with Crippen LogP contribution in [-0.4, -0.2) is 43.1 Å². The molecule has 27 heavy (non-hydrogen) atoms. The maximum atomic E-state index is 14.0. The molecule has 0 aliphatic carbocycles. The van der Waals surface area contributed by atoms with Gasteiger partial charge in [-0.1, -0.05) is 11.6 Å². The molecule has 1 N–H and O–H groups in total. The van der Waals surface area contributed by atoms with E-state index in [0.717, 1.165) is 16.3 Å². The first kappa shape index (κ1) is 17.6. The molecule has 0 aromatic carbocycles. The van der Waals surface area contributed by atoms with Crippen LogP contribution in [0.2, 0.25) is 5.15 Å². The van der Waals surface area contributed by atoms with E-state index in [2.05, 4.69) is 20.5 Å². The topological polar surface area (TPSA) is 80.4 Å². The average Bonchev–Trinajstić information content (AvgIpc) is 3.22. The molecule has 4 rings (SSSR count). The van der Waals surface area contributed by atoms with Gasteiger partial charge in [0.15, 0.2) is 10.8 Å². The van der Waals surface area contributed by atoms with Crippen molar-refractivity contribution >= 4 is 34.7 Å². The maximum Gasteiger partial charge on any atom is 0.401 e. The van der Waals surface area contributed by atoms with Crippen LogP contribution in [0.1, 0.15) is 12.6 Å². The fourth-order valence-corrected chi connectivity index (χ4v) is 3.34. The summed E-state index contributed by atoms with van der Waals surface area (Å²) in [5, 5.41) is 10.4. The molecule has 0 unspecified atom stereocenters. The fraction of sp³-hybridized carbons (Fsp3) is 0.333. The number of hydrogen-bond donors (Lipinski definition) is 1. The number of hydrogen-bond acceptors (Lipinski definition) is 4. The summed E-state index contributed by atoms with van der Waals surface area (Å²) in [6, 6.07) is 0.633. The van der Waals surface area contributed by atoms with Crippen LogP contribution in [0.15, 0.2) is 24.7 Å². The second kappa shape index (κ2) is 5.59. The molecule has 0 saturated carbocycles. The van der Waals surface area contributed by atoms with Crippen molar-refractivity contribution in [3.8, 4) is 0 Å². The number of aryl methyl sites for hydroxylation is 1. The van der Waals surface area contributed by atoms with E-state index in [4.69, 9.17) is 11.6 Å². The highest BCUT2D eigenvalue weighted by atomic mass is 35.5. The summed E-state index contributed by atoms with van der Waals surface area (Å²) in [4.78, 5) is 17.7. The highest BCUT2D eigenvalue weighted by Gasteiger charge is 2.60. The van der Waals surface area contributed by atoms with Crippen LogP contribution in [0, 0.1) is 0 Å². The van der Waals surface area contributed by atoms with Crippen LogP contribution >= 0.6 is 11.6 Å². The van der Waals surface area contributed by atoms with Gasteiger partial charge >= 0.3 is 12.2 Å². The SMILES string of the molecule is Cn1cc(NC(=O)N2C[C@@](C)(C(F)(F)F)c3c2cnc2cc(Cl)nn32)cn1. The van der Waals surface area contributed by atoms with Crippen LogP contribution in [-0.2, 0) is 12.5 Å². The minimum atomic E-state index is -4.63. The van der Waals surface area contributed by atoms with Crippen LogP contribution in [0.4, 0.5) is 29.3 Å². The molecule has 12 heteroatoms. The number of carbonyl (C=O) groups is 1. The Bertz CT molecular complexity index is 1060. The van der Waals surface area contributed by atoms with Gasteiger partial charge in [0, 0.05) is 25.9 Å². The van der Waals surface area contributed by atoms with Crippen molar-refractivity contribution in [3.63, 3.8) is 0 Å². The lowest BCUT2D eigenvalue weighted by molar-refractivity contribution is -0.181. The minimum absolute atomic E-state index is 0.0127. The monoisotopic (exact) mass is 399 g/mol. The van der Waals surface area contributed by atoms with E-state index in [-0.39, 0.29) is 22.2 Å². The number of nitrogens with zero attached hydrogens (tertiary/aromatic N) is 6. The predicted molar refractivity (Wildman–Crippen MR) is 91.0 cm³/mol. The van der Waals surface area contributed by atoms with E-state index in [1.54, 1.807) is 7.05 Å². The Hall–Kier alpha value is -2.82. The first-order valence-corrected chi connectivity index (χ1v) is 8.16. The van der Waals surface area contributed by atoms with Gasteiger partial charge in [0.05, 0.1) is 29.5 Å². The molecule has 3 aromatic rings. The molecule has 1 aliphatic rings. The number of rotatable bonds is 1. The Labute approximate surface area is 155 Å². The Morgan fingerprint density at radius 1 is 1.37 bits per heavy atom. The third-order valence-corrected chi connectivity index (χ3v) is 4.73. The number of halogens is 4. The van der Waals surface area contributed by atoms with Crippen LogP contribution in [0.3, 0.4) is 0 Å². The molecule has 0 radical (unpaired) electrons. The number of urea groups is 1. The zero-order valence-electron chi connectivity index (χ0n) is 14.1. The highest BCUT2D eigenvalue weighted by Crippen LogP contribution is 2.49. The van der Waals surface area contributed by atoms with Gasteiger partial charge < -0.3 is 5.32 Å². The zero-order valence-corrected chi connectivity index (χ0v) is 14.9. The summed E-state index contributed by atoms with van der Waals surface area (Å²) >= 11 is 5.85. The van der Waals surface area contributed by atoms with Gasteiger partial charge in [-0.3, -0.25) is 9.58 Å². The number of amides is 2. The Morgan fingerprint density at radius 2 is 2.11 bits per heavy atom. The quantitative estimate of drug-likeness (QED) is 0.682. The van der Waals surface area contributed by atoms with Gasteiger partial charge in [0.2, 0.25) is 0 Å². The van der Waals surface area contributed by atoms with Gasteiger partial charge in [0.1, 0.15) is 5.41 Å².